The summed E-state index contributed by atoms with van der Waals surface area (Å²) in [4.78, 5) is 0. The van der Waals surface area contributed by atoms with E-state index in [4.69, 9.17) is 5.11 Å². The van der Waals surface area contributed by atoms with E-state index in [1.165, 1.54) is 0 Å². The third kappa shape index (κ3) is 3.04. The molecule has 0 aromatic heterocycles. The molecule has 0 aliphatic carbocycles. The van der Waals surface area contributed by atoms with Gasteiger partial charge in [0.25, 0.3) is 0 Å². The Kier molecular flexibility index (Phi) is 3.96. The number of phenols is 1. The Morgan fingerprint density at radius 2 is 1.79 bits per heavy atom. The van der Waals surface area contributed by atoms with Gasteiger partial charge in [-0.05, 0) is 36.5 Å². The van der Waals surface area contributed by atoms with Crippen LogP contribution >= 0.6 is 0 Å². The molecule has 1 aromatic rings. The van der Waals surface area contributed by atoms with Crippen LogP contribution in [0.2, 0.25) is 0 Å². The molecular weight excluding hydrogens is 176 g/mol. The fourth-order valence-corrected chi connectivity index (χ4v) is 1.54. The van der Waals surface area contributed by atoms with E-state index in [1.807, 2.05) is 26.0 Å². The molecule has 0 aliphatic heterocycles. The first-order valence-electron chi connectivity index (χ1n) is 5.09. The van der Waals surface area contributed by atoms with E-state index in [-0.39, 0.29) is 17.8 Å². The molecule has 0 bridgehead atoms. The van der Waals surface area contributed by atoms with Crippen molar-refractivity contribution >= 4 is 0 Å². The van der Waals surface area contributed by atoms with Crippen molar-refractivity contribution < 1.29 is 10.2 Å². The third-order valence-corrected chi connectivity index (χ3v) is 2.57. The first-order chi connectivity index (χ1) is 6.63. The van der Waals surface area contributed by atoms with Gasteiger partial charge >= 0.3 is 0 Å². The molecule has 0 saturated heterocycles. The van der Waals surface area contributed by atoms with Crippen LogP contribution in [0.1, 0.15) is 25.8 Å². The second kappa shape index (κ2) is 5.01. The maximum absolute atomic E-state index is 9.59. The molecule has 2 atom stereocenters. The van der Waals surface area contributed by atoms with E-state index in [0.29, 0.717) is 0 Å². The lowest BCUT2D eigenvalue weighted by Crippen LogP contribution is -2.18. The predicted molar refractivity (Wildman–Crippen MR) is 57.3 cm³/mol. The van der Waals surface area contributed by atoms with Crippen LogP contribution in [0, 0.1) is 5.92 Å². The minimum absolute atomic E-state index is 0.233. The SMILES string of the molecule is CCC(O)C(C)Cc1ccc(O)cc1. The number of rotatable bonds is 4. The summed E-state index contributed by atoms with van der Waals surface area (Å²) in [5.74, 6) is 0.557. The van der Waals surface area contributed by atoms with Gasteiger partial charge < -0.3 is 10.2 Å². The van der Waals surface area contributed by atoms with Gasteiger partial charge in [0.05, 0.1) is 6.10 Å². The van der Waals surface area contributed by atoms with Crippen LogP contribution in [0.3, 0.4) is 0 Å². The largest absolute Gasteiger partial charge is 0.508 e. The summed E-state index contributed by atoms with van der Waals surface area (Å²) in [5, 5.41) is 18.7. The molecule has 2 nitrogen and oxygen atoms in total. The Hall–Kier alpha value is -1.02. The van der Waals surface area contributed by atoms with Gasteiger partial charge in [-0.3, -0.25) is 0 Å². The summed E-state index contributed by atoms with van der Waals surface area (Å²) >= 11 is 0. The Bertz CT molecular complexity index is 266. The summed E-state index contributed by atoms with van der Waals surface area (Å²) < 4.78 is 0. The summed E-state index contributed by atoms with van der Waals surface area (Å²) in [7, 11) is 0. The highest BCUT2D eigenvalue weighted by Gasteiger charge is 2.12. The van der Waals surface area contributed by atoms with E-state index in [0.717, 1.165) is 18.4 Å². The lowest BCUT2D eigenvalue weighted by molar-refractivity contribution is 0.113. The topological polar surface area (TPSA) is 40.5 Å². The Morgan fingerprint density at radius 3 is 2.29 bits per heavy atom. The molecule has 0 heterocycles. The van der Waals surface area contributed by atoms with Crippen LogP contribution in [0.5, 0.6) is 5.75 Å². The Labute approximate surface area is 85.2 Å². The van der Waals surface area contributed by atoms with Crippen LogP contribution in [0.15, 0.2) is 24.3 Å². The highest BCUT2D eigenvalue weighted by Crippen LogP contribution is 2.16. The summed E-state index contributed by atoms with van der Waals surface area (Å²) in [6.07, 6.45) is 1.41. The van der Waals surface area contributed by atoms with Crippen LogP contribution in [0.25, 0.3) is 0 Å². The van der Waals surface area contributed by atoms with E-state index in [9.17, 15) is 5.11 Å². The van der Waals surface area contributed by atoms with Crippen molar-refractivity contribution in [3.8, 4) is 5.75 Å². The summed E-state index contributed by atoms with van der Waals surface area (Å²) in [6.45, 7) is 4.03. The quantitative estimate of drug-likeness (QED) is 0.772. The van der Waals surface area contributed by atoms with E-state index < -0.39 is 0 Å². The molecule has 2 unspecified atom stereocenters. The molecule has 1 rings (SSSR count). The lowest BCUT2D eigenvalue weighted by Gasteiger charge is -2.16. The third-order valence-electron chi connectivity index (χ3n) is 2.57. The van der Waals surface area contributed by atoms with Crippen molar-refractivity contribution in [3.05, 3.63) is 29.8 Å². The number of benzene rings is 1. The molecule has 0 saturated carbocycles. The smallest absolute Gasteiger partial charge is 0.115 e. The van der Waals surface area contributed by atoms with Gasteiger partial charge in [0.15, 0.2) is 0 Å². The van der Waals surface area contributed by atoms with Gasteiger partial charge in [-0.25, -0.2) is 0 Å². The first kappa shape index (κ1) is 11.1. The van der Waals surface area contributed by atoms with Crippen LogP contribution in [-0.4, -0.2) is 16.3 Å². The minimum Gasteiger partial charge on any atom is -0.508 e. The molecule has 0 fully saturated rings. The van der Waals surface area contributed by atoms with Crippen molar-refractivity contribution in [2.45, 2.75) is 32.8 Å². The zero-order chi connectivity index (χ0) is 10.6. The van der Waals surface area contributed by atoms with Crippen molar-refractivity contribution in [3.63, 3.8) is 0 Å². The maximum atomic E-state index is 9.59. The fraction of sp³-hybridized carbons (Fsp3) is 0.500. The standard InChI is InChI=1S/C12H18O2/c1-3-12(14)9(2)8-10-4-6-11(13)7-5-10/h4-7,9,12-14H,3,8H2,1-2H3. The van der Waals surface area contributed by atoms with Crippen molar-refractivity contribution in [1.82, 2.24) is 0 Å². The maximum Gasteiger partial charge on any atom is 0.115 e. The number of aliphatic hydroxyl groups is 1. The van der Waals surface area contributed by atoms with Gasteiger partial charge in [0.2, 0.25) is 0 Å². The molecule has 2 heteroatoms. The Morgan fingerprint density at radius 1 is 1.21 bits per heavy atom. The van der Waals surface area contributed by atoms with Crippen LogP contribution in [-0.2, 0) is 6.42 Å². The number of phenolic OH excluding ortho intramolecular Hbond substituents is 1. The zero-order valence-electron chi connectivity index (χ0n) is 8.77. The molecule has 2 N–H and O–H groups in total. The summed E-state index contributed by atoms with van der Waals surface area (Å²) in [5.41, 5.74) is 1.16. The number of aromatic hydroxyl groups is 1. The van der Waals surface area contributed by atoms with E-state index in [1.54, 1.807) is 12.1 Å². The predicted octanol–water partition coefficient (Wildman–Crippen LogP) is 2.34. The van der Waals surface area contributed by atoms with E-state index in [2.05, 4.69) is 0 Å². The van der Waals surface area contributed by atoms with Gasteiger partial charge in [0.1, 0.15) is 5.75 Å². The van der Waals surface area contributed by atoms with Gasteiger partial charge in [0, 0.05) is 0 Å². The van der Waals surface area contributed by atoms with Crippen molar-refractivity contribution in [2.24, 2.45) is 5.92 Å². The molecule has 0 spiro atoms. The normalized spacial score (nSPS) is 15.1. The van der Waals surface area contributed by atoms with Crippen molar-refractivity contribution in [2.75, 3.05) is 0 Å². The zero-order valence-corrected chi connectivity index (χ0v) is 8.77. The highest BCUT2D eigenvalue weighted by molar-refractivity contribution is 5.26. The molecular formula is C12H18O2. The fourth-order valence-electron chi connectivity index (χ4n) is 1.54. The van der Waals surface area contributed by atoms with E-state index >= 15 is 0 Å². The van der Waals surface area contributed by atoms with Crippen molar-refractivity contribution in [1.29, 1.82) is 0 Å². The lowest BCUT2D eigenvalue weighted by atomic mass is 9.94. The number of aliphatic hydroxyl groups excluding tert-OH is 1. The Balaban J connectivity index is 2.56. The molecule has 0 amide bonds. The first-order valence-corrected chi connectivity index (χ1v) is 5.09. The second-order valence-corrected chi connectivity index (χ2v) is 3.82. The van der Waals surface area contributed by atoms with Gasteiger partial charge in [-0.1, -0.05) is 26.0 Å². The molecule has 1 aromatic carbocycles. The molecule has 0 aliphatic rings. The molecule has 14 heavy (non-hydrogen) atoms. The number of hydrogen-bond donors (Lipinski definition) is 2. The van der Waals surface area contributed by atoms with Crippen LogP contribution in [0.4, 0.5) is 0 Å². The average molecular weight is 194 g/mol. The monoisotopic (exact) mass is 194 g/mol. The highest BCUT2D eigenvalue weighted by atomic mass is 16.3. The molecule has 78 valence electrons. The minimum atomic E-state index is -0.233. The number of hydrogen-bond acceptors (Lipinski definition) is 2. The van der Waals surface area contributed by atoms with Crippen LogP contribution < -0.4 is 0 Å². The molecule has 0 radical (unpaired) electrons. The average Bonchev–Trinajstić information content (AvgIpc) is 2.20. The van der Waals surface area contributed by atoms with Gasteiger partial charge in [-0.2, -0.15) is 0 Å². The summed E-state index contributed by atoms with van der Waals surface area (Å²) in [6, 6.07) is 7.16. The van der Waals surface area contributed by atoms with Gasteiger partial charge in [-0.15, -0.1) is 0 Å². The second-order valence-electron chi connectivity index (χ2n) is 3.82.